The molecular weight excluding hydrogens is 292 g/mol. The Labute approximate surface area is 141 Å². The molecule has 1 saturated heterocycles. The number of aliphatic hydroxyl groups excluding tert-OH is 1. The van der Waals surface area contributed by atoms with Crippen molar-refractivity contribution in [3.63, 3.8) is 0 Å². The number of nitrogens with zero attached hydrogens (tertiary/aromatic N) is 1. The van der Waals surface area contributed by atoms with E-state index in [-0.39, 0.29) is 23.5 Å². The standard InChI is InChI=1S/C18H36N2O3/c1-7-17(5,14-21)12-19-13-18(6)8-10-20(11-9-18)15(22)23-16(2,3)4/h19,21H,7-14H2,1-6H3. The molecule has 0 aromatic rings. The Hall–Kier alpha value is -0.810. The zero-order chi connectivity index (χ0) is 17.7. The molecule has 1 unspecified atom stereocenters. The topological polar surface area (TPSA) is 61.8 Å². The van der Waals surface area contributed by atoms with Gasteiger partial charge in [-0.2, -0.15) is 0 Å². The van der Waals surface area contributed by atoms with Crippen LogP contribution in [0.1, 0.15) is 60.8 Å². The van der Waals surface area contributed by atoms with Gasteiger partial charge >= 0.3 is 6.09 Å². The molecule has 1 aliphatic heterocycles. The summed E-state index contributed by atoms with van der Waals surface area (Å²) in [6, 6.07) is 0. The van der Waals surface area contributed by atoms with Gasteiger partial charge in [0.2, 0.25) is 0 Å². The highest BCUT2D eigenvalue weighted by Gasteiger charge is 2.34. The molecule has 0 bridgehead atoms. The van der Waals surface area contributed by atoms with Crippen LogP contribution in [0.25, 0.3) is 0 Å². The summed E-state index contributed by atoms with van der Waals surface area (Å²) < 4.78 is 5.44. The second-order valence-electron chi connectivity index (χ2n) is 8.70. The first-order valence-electron chi connectivity index (χ1n) is 8.82. The molecule has 5 heteroatoms. The first kappa shape index (κ1) is 20.2. The lowest BCUT2D eigenvalue weighted by Crippen LogP contribution is -2.48. The second kappa shape index (κ2) is 7.84. The summed E-state index contributed by atoms with van der Waals surface area (Å²) in [5, 5.41) is 13.0. The van der Waals surface area contributed by atoms with Crippen LogP contribution in [0.15, 0.2) is 0 Å². The van der Waals surface area contributed by atoms with Gasteiger partial charge in [0, 0.05) is 38.2 Å². The summed E-state index contributed by atoms with van der Waals surface area (Å²) in [5.41, 5.74) is -0.287. The third-order valence-electron chi connectivity index (χ3n) is 4.96. The number of aliphatic hydroxyl groups is 1. The number of ether oxygens (including phenoxy) is 1. The molecule has 0 radical (unpaired) electrons. The number of carbonyl (C=O) groups is 1. The summed E-state index contributed by atoms with van der Waals surface area (Å²) >= 11 is 0. The molecule has 2 N–H and O–H groups in total. The average Bonchev–Trinajstić information content (AvgIpc) is 2.45. The van der Waals surface area contributed by atoms with E-state index in [0.717, 1.165) is 45.4 Å². The number of hydrogen-bond acceptors (Lipinski definition) is 4. The molecule has 1 atom stereocenters. The maximum Gasteiger partial charge on any atom is 0.410 e. The Morgan fingerprint density at radius 2 is 1.83 bits per heavy atom. The third kappa shape index (κ3) is 6.68. The van der Waals surface area contributed by atoms with E-state index >= 15 is 0 Å². The average molecular weight is 328 g/mol. The van der Waals surface area contributed by atoms with Crippen molar-refractivity contribution in [2.75, 3.05) is 32.8 Å². The Morgan fingerprint density at radius 1 is 1.26 bits per heavy atom. The number of piperidine rings is 1. The van der Waals surface area contributed by atoms with Crippen molar-refractivity contribution in [3.05, 3.63) is 0 Å². The summed E-state index contributed by atoms with van der Waals surface area (Å²) in [4.78, 5) is 13.9. The van der Waals surface area contributed by atoms with Crippen molar-refractivity contribution in [2.45, 2.75) is 66.4 Å². The number of hydrogen-bond donors (Lipinski definition) is 2. The fourth-order valence-electron chi connectivity index (χ4n) is 2.69. The van der Waals surface area contributed by atoms with E-state index < -0.39 is 5.60 Å². The van der Waals surface area contributed by atoms with Crippen molar-refractivity contribution in [1.82, 2.24) is 10.2 Å². The van der Waals surface area contributed by atoms with Gasteiger partial charge in [0.1, 0.15) is 5.60 Å². The smallest absolute Gasteiger partial charge is 0.410 e. The quantitative estimate of drug-likeness (QED) is 0.787. The number of carbonyl (C=O) groups excluding carboxylic acids is 1. The first-order valence-corrected chi connectivity index (χ1v) is 8.82. The van der Waals surface area contributed by atoms with Gasteiger partial charge in [-0.3, -0.25) is 0 Å². The second-order valence-corrected chi connectivity index (χ2v) is 8.70. The predicted molar refractivity (Wildman–Crippen MR) is 93.5 cm³/mol. The molecule has 0 aliphatic carbocycles. The van der Waals surface area contributed by atoms with Crippen molar-refractivity contribution >= 4 is 6.09 Å². The zero-order valence-electron chi connectivity index (χ0n) is 15.9. The third-order valence-corrected chi connectivity index (χ3v) is 4.96. The van der Waals surface area contributed by atoms with Crippen LogP contribution in [0, 0.1) is 10.8 Å². The van der Waals surface area contributed by atoms with Crippen LogP contribution >= 0.6 is 0 Å². The van der Waals surface area contributed by atoms with Gasteiger partial charge in [0.05, 0.1) is 0 Å². The van der Waals surface area contributed by atoms with Crippen LogP contribution in [0.2, 0.25) is 0 Å². The Kier molecular flexibility index (Phi) is 6.90. The van der Waals surface area contributed by atoms with E-state index in [4.69, 9.17) is 4.74 Å². The molecule has 0 aromatic heterocycles. The van der Waals surface area contributed by atoms with E-state index in [1.807, 2.05) is 25.7 Å². The minimum absolute atomic E-state index is 0.0480. The van der Waals surface area contributed by atoms with Crippen LogP contribution in [0.3, 0.4) is 0 Å². The van der Waals surface area contributed by atoms with Crippen LogP contribution in [-0.4, -0.2) is 54.5 Å². The van der Waals surface area contributed by atoms with E-state index in [2.05, 4.69) is 26.1 Å². The minimum atomic E-state index is -0.436. The number of amides is 1. The van der Waals surface area contributed by atoms with Crippen molar-refractivity contribution in [2.24, 2.45) is 10.8 Å². The predicted octanol–water partition coefficient (Wildman–Crippen LogP) is 3.02. The lowest BCUT2D eigenvalue weighted by Gasteiger charge is -2.40. The normalized spacial score (nSPS) is 20.9. The highest BCUT2D eigenvalue weighted by molar-refractivity contribution is 5.68. The monoisotopic (exact) mass is 328 g/mol. The van der Waals surface area contributed by atoms with Gasteiger partial charge in [-0.1, -0.05) is 20.8 Å². The molecule has 1 fully saturated rings. The molecule has 23 heavy (non-hydrogen) atoms. The molecule has 5 nitrogen and oxygen atoms in total. The Bertz CT molecular complexity index is 378. The molecule has 136 valence electrons. The summed E-state index contributed by atoms with van der Waals surface area (Å²) in [7, 11) is 0. The fourth-order valence-corrected chi connectivity index (χ4v) is 2.69. The van der Waals surface area contributed by atoms with E-state index in [9.17, 15) is 9.90 Å². The van der Waals surface area contributed by atoms with Crippen molar-refractivity contribution in [1.29, 1.82) is 0 Å². The van der Waals surface area contributed by atoms with Crippen LogP contribution in [0.4, 0.5) is 4.79 Å². The van der Waals surface area contributed by atoms with Crippen molar-refractivity contribution in [3.8, 4) is 0 Å². The number of rotatable bonds is 6. The van der Waals surface area contributed by atoms with E-state index in [0.29, 0.717) is 0 Å². The minimum Gasteiger partial charge on any atom is -0.444 e. The maximum atomic E-state index is 12.1. The fraction of sp³-hybridized carbons (Fsp3) is 0.944. The highest BCUT2D eigenvalue weighted by Crippen LogP contribution is 2.31. The molecule has 0 saturated carbocycles. The van der Waals surface area contributed by atoms with Crippen molar-refractivity contribution < 1.29 is 14.6 Å². The van der Waals surface area contributed by atoms with Crippen LogP contribution in [-0.2, 0) is 4.74 Å². The van der Waals surface area contributed by atoms with E-state index in [1.165, 1.54) is 0 Å². The Morgan fingerprint density at radius 3 is 2.26 bits per heavy atom. The lowest BCUT2D eigenvalue weighted by molar-refractivity contribution is 0.0115. The number of nitrogens with one attached hydrogen (secondary N) is 1. The molecule has 1 rings (SSSR count). The van der Waals surface area contributed by atoms with Gasteiger partial charge < -0.3 is 20.1 Å². The van der Waals surface area contributed by atoms with E-state index in [1.54, 1.807) is 0 Å². The van der Waals surface area contributed by atoms with Gasteiger partial charge in [0.25, 0.3) is 0 Å². The van der Waals surface area contributed by atoms with Crippen LogP contribution < -0.4 is 5.32 Å². The summed E-state index contributed by atoms with van der Waals surface area (Å²) in [5.74, 6) is 0. The first-order chi connectivity index (χ1) is 10.5. The molecule has 0 spiro atoms. The van der Waals surface area contributed by atoms with Gasteiger partial charge in [-0.25, -0.2) is 4.79 Å². The SMILES string of the molecule is CCC(C)(CO)CNCC1(C)CCN(C(=O)OC(C)(C)C)CC1. The Balaban J connectivity index is 2.40. The van der Waals surface area contributed by atoms with Gasteiger partial charge in [0.15, 0.2) is 0 Å². The summed E-state index contributed by atoms with van der Waals surface area (Å²) in [6.07, 6.45) is 2.70. The maximum absolute atomic E-state index is 12.1. The van der Waals surface area contributed by atoms with Gasteiger partial charge in [-0.15, -0.1) is 0 Å². The largest absolute Gasteiger partial charge is 0.444 e. The van der Waals surface area contributed by atoms with Gasteiger partial charge in [-0.05, 0) is 45.4 Å². The molecule has 1 aliphatic rings. The molecule has 1 heterocycles. The molecule has 1 amide bonds. The summed E-state index contributed by atoms with van der Waals surface area (Å²) in [6.45, 7) is 15.6. The lowest BCUT2D eigenvalue weighted by atomic mass is 9.80. The number of likely N-dealkylation sites (tertiary alicyclic amines) is 1. The highest BCUT2D eigenvalue weighted by atomic mass is 16.6. The van der Waals surface area contributed by atoms with Crippen LogP contribution in [0.5, 0.6) is 0 Å². The molecule has 0 aromatic carbocycles. The molecular formula is C18H36N2O3. The zero-order valence-corrected chi connectivity index (χ0v) is 15.9.